The molecule has 600 valence electrons. The molecule has 2 aromatic rings. The molecule has 2 saturated heterocycles. The van der Waals surface area contributed by atoms with Crippen molar-refractivity contribution in [2.75, 3.05) is 28.4 Å². The summed E-state index contributed by atoms with van der Waals surface area (Å²) in [7, 11) is -41.7. The summed E-state index contributed by atoms with van der Waals surface area (Å²) >= 11 is 0. The lowest BCUT2D eigenvalue weighted by molar-refractivity contribution is -0.160. The average Bonchev–Trinajstić information content (AvgIpc) is 0.995. The first kappa shape index (κ1) is 96.5. The number of carbonyl (C=O) groups is 4. The molecule has 2 aromatic carbocycles. The number of ether oxygens (including phenoxy) is 4. The first-order valence-electron chi connectivity index (χ1n) is 35.7. The zero-order valence-corrected chi connectivity index (χ0v) is 85.9. The molecule has 0 radical (unpaired) electrons. The maximum atomic E-state index is 12.3. The van der Waals surface area contributed by atoms with Crippen LogP contribution in [0.5, 0.6) is 0 Å². The molecule has 0 unspecified atom stereocenters. The molecule has 0 saturated carbocycles. The molecule has 4 atom stereocenters. The number of carbonyl (C=O) groups excluding carboxylic acids is 4. The van der Waals surface area contributed by atoms with Crippen molar-refractivity contribution in [3.8, 4) is 0 Å². The van der Waals surface area contributed by atoms with Gasteiger partial charge in [0.2, 0.25) is 0 Å². The van der Waals surface area contributed by atoms with Crippen LogP contribution in [-0.4, -0.2) is 227 Å². The van der Waals surface area contributed by atoms with Crippen molar-refractivity contribution < 1.29 is 118 Å². The molecule has 105 heavy (non-hydrogen) atoms. The highest BCUT2D eigenvalue weighted by molar-refractivity contribution is 6.95. The van der Waals surface area contributed by atoms with Crippen molar-refractivity contribution in [2.24, 2.45) is 0 Å². The minimum Gasteiger partial charge on any atom is -0.467 e. The highest BCUT2D eigenvalue weighted by Gasteiger charge is 2.56. The van der Waals surface area contributed by atoms with Gasteiger partial charge in [-0.3, -0.25) is 0 Å². The standard InChI is InChI=1S/C60H128B2O27Si16/c1-67-57(63)53-54(58(64)68-2)72-61(71-53)51-41-37-49(38-42-51)45-47-90(5,6)75-92(9,10)77-94(13,14)79-96(17,18)81-98(21,22)83-100(25,26)85-102(29,30)87-104(33,34)89-105(35,36)88-103(31,32)86-101(27,28)84-99(23,24)82-97(19,20)80-95(15,16)78-93(11,12)76-91(7,8)48-46-50-39-43-52(44-40-50)62-73-55(59(65)69-3)56(74-62)60(66)70-4/h37-44,53-56H,45-48H2,1-36H3/t53-,54-,55-,56-/m0/s1. The Bertz CT molecular complexity index is 2970. The van der Waals surface area contributed by atoms with Gasteiger partial charge in [0.1, 0.15) is 0 Å². The molecule has 0 aliphatic carbocycles. The maximum absolute atomic E-state index is 12.3. The van der Waals surface area contributed by atoms with E-state index in [2.05, 4.69) is 78.6 Å². The number of aryl methyl sites for hydroxylation is 2. The minimum atomic E-state index is -2.92. The van der Waals surface area contributed by atoms with Gasteiger partial charge in [0.25, 0.3) is 0 Å². The Morgan fingerprint density at radius 3 is 0.543 bits per heavy atom. The first-order chi connectivity index (χ1) is 47.1. The summed E-state index contributed by atoms with van der Waals surface area (Å²) in [6.45, 7) is 66.1. The fraction of sp³-hybridized carbons (Fsp3) is 0.733. The van der Waals surface area contributed by atoms with Crippen LogP contribution in [0.4, 0.5) is 0 Å². The molecular weight excluding hydrogens is 1620 g/mol. The van der Waals surface area contributed by atoms with Gasteiger partial charge in [0.05, 0.1) is 28.4 Å². The van der Waals surface area contributed by atoms with E-state index in [-0.39, 0.29) is 0 Å². The highest BCUT2D eigenvalue weighted by Crippen LogP contribution is 2.35. The molecule has 45 heteroatoms. The number of hydrogen-bond donors (Lipinski definition) is 0. The summed E-state index contributed by atoms with van der Waals surface area (Å²) in [4.78, 5) is 49.4. The largest absolute Gasteiger partial charge is 0.495 e. The molecule has 0 bridgehead atoms. The fourth-order valence-corrected chi connectivity index (χ4v) is 96.8. The van der Waals surface area contributed by atoms with Crippen LogP contribution in [0, 0.1) is 0 Å². The molecule has 0 N–H and O–H groups in total. The van der Waals surface area contributed by atoms with Crippen molar-refractivity contribution in [3.05, 3.63) is 59.7 Å². The van der Waals surface area contributed by atoms with Crippen LogP contribution < -0.4 is 10.9 Å². The number of methoxy groups -OCH3 is 4. The van der Waals surface area contributed by atoms with Gasteiger partial charge in [-0.1, -0.05) is 48.5 Å². The summed E-state index contributed by atoms with van der Waals surface area (Å²) in [5.74, 6) is -2.87. The quantitative estimate of drug-likeness (QED) is 0.0339. The van der Waals surface area contributed by atoms with E-state index in [0.717, 1.165) is 36.1 Å². The molecule has 27 nitrogen and oxygen atoms in total. The second-order valence-electron chi connectivity index (χ2n) is 34.1. The smallest absolute Gasteiger partial charge is 0.467 e. The summed E-state index contributed by atoms with van der Waals surface area (Å²) in [5, 5.41) is 0. The van der Waals surface area contributed by atoms with E-state index in [1.807, 2.05) is 179 Å². The monoisotopic (exact) mass is 1750 g/mol. The molecule has 2 aliphatic heterocycles. The molecule has 0 aromatic heterocycles. The minimum absolute atomic E-state index is 0.658. The number of esters is 4. The average molecular weight is 1750 g/mol. The van der Waals surface area contributed by atoms with Gasteiger partial charge in [-0.15, -0.1) is 0 Å². The third kappa shape index (κ3) is 33.6. The molecule has 2 fully saturated rings. The van der Waals surface area contributed by atoms with Crippen molar-refractivity contribution in [3.63, 3.8) is 0 Å². The van der Waals surface area contributed by atoms with Gasteiger partial charge in [-0.25, -0.2) is 19.2 Å². The zero-order valence-electron chi connectivity index (χ0n) is 69.9. The lowest BCUT2D eigenvalue weighted by atomic mass is 9.79. The third-order valence-electron chi connectivity index (χ3n) is 15.3. The van der Waals surface area contributed by atoms with Crippen LogP contribution in [-0.2, 0) is 131 Å². The SMILES string of the molecule is COC(=O)[C@H]1OB(c2ccc(CC[Si](C)(C)O[Si](C)(C)O[Si](C)(C)O[Si](C)(C)O[Si](C)(C)O[Si](C)(C)O[Si](C)(C)O[Si](C)(C)O[Si](C)(C)O[Si](C)(C)O[Si](C)(C)O[Si](C)(C)O[Si](C)(C)O[Si](C)(C)O[Si](C)(C)O[Si](C)(C)CCc3ccc(B4O[C@H](C(=O)OC)[C@@H](C(=O)OC)O4)cc3)cc2)O[C@@H]1C(=O)OC. The van der Waals surface area contributed by atoms with Crippen molar-refractivity contribution in [1.82, 2.24) is 0 Å². The Hall–Kier alpha value is -0.840. The fourth-order valence-electron chi connectivity index (χ4n) is 14.4. The summed E-state index contributed by atoms with van der Waals surface area (Å²) < 4.78 is 147. The maximum Gasteiger partial charge on any atom is 0.495 e. The first-order valence-corrected chi connectivity index (χ1v) is 81.4. The van der Waals surface area contributed by atoms with Crippen LogP contribution in [0.25, 0.3) is 0 Å². The summed E-state index contributed by atoms with van der Waals surface area (Å²) in [5.41, 5.74) is 3.50. The Morgan fingerprint density at radius 1 is 0.257 bits per heavy atom. The molecular formula is C60H128B2O27Si16. The lowest BCUT2D eigenvalue weighted by Gasteiger charge is -2.45. The van der Waals surface area contributed by atoms with Crippen LogP contribution in [0.1, 0.15) is 11.1 Å². The van der Waals surface area contributed by atoms with Gasteiger partial charge in [0, 0.05) is 0 Å². The van der Waals surface area contributed by atoms with E-state index in [9.17, 15) is 19.2 Å². The second-order valence-corrected chi connectivity index (χ2v) is 93.6. The van der Waals surface area contributed by atoms with E-state index in [4.69, 9.17) is 99.3 Å². The second kappa shape index (κ2) is 36.3. The number of benzene rings is 2. The van der Waals surface area contributed by atoms with Gasteiger partial charge < -0.3 is 99.3 Å². The van der Waals surface area contributed by atoms with E-state index in [1.165, 1.54) is 28.4 Å². The van der Waals surface area contributed by atoms with E-state index >= 15 is 0 Å². The number of hydrogen-bond acceptors (Lipinski definition) is 27. The van der Waals surface area contributed by atoms with Gasteiger partial charge in [0.15, 0.2) is 41.1 Å². The predicted molar refractivity (Wildman–Crippen MR) is 444 cm³/mol. The van der Waals surface area contributed by atoms with Gasteiger partial charge in [-0.05, 0) is 256 Å². The van der Waals surface area contributed by atoms with E-state index in [0.29, 0.717) is 10.9 Å². The molecule has 0 amide bonds. The topological polar surface area (TPSA) is 281 Å². The Labute approximate surface area is 646 Å². The van der Waals surface area contributed by atoms with Crippen molar-refractivity contribution in [2.45, 2.75) is 259 Å². The molecule has 2 heterocycles. The Balaban J connectivity index is 1.25. The van der Waals surface area contributed by atoms with E-state index < -0.39 is 199 Å². The zero-order chi connectivity index (χ0) is 80.8. The Kier molecular flexibility index (Phi) is 33.4. The van der Waals surface area contributed by atoms with Crippen molar-refractivity contribution in [1.29, 1.82) is 0 Å². The lowest BCUT2D eigenvalue weighted by Crippen LogP contribution is -2.63. The third-order valence-corrected chi connectivity index (χ3v) is 77.7. The predicted octanol–water partition coefficient (Wildman–Crippen LogP) is 11.6. The van der Waals surface area contributed by atoms with Gasteiger partial charge >= 0.3 is 158 Å². The van der Waals surface area contributed by atoms with Crippen LogP contribution in [0.3, 0.4) is 0 Å². The van der Waals surface area contributed by atoms with Crippen molar-refractivity contribution >= 4 is 186 Å². The Morgan fingerprint density at radius 2 is 0.400 bits per heavy atom. The summed E-state index contributed by atoms with van der Waals surface area (Å²) in [6.07, 6.45) is -3.40. The normalized spacial score (nSPS) is 18.6. The molecule has 4 rings (SSSR count). The van der Waals surface area contributed by atoms with Crippen LogP contribution in [0.2, 0.25) is 222 Å². The van der Waals surface area contributed by atoms with Gasteiger partial charge in [-0.2, -0.15) is 0 Å². The number of rotatable bonds is 42. The van der Waals surface area contributed by atoms with Crippen LogP contribution >= 0.6 is 0 Å². The highest BCUT2D eigenvalue weighted by atomic mass is 28.5. The molecule has 0 spiro atoms. The van der Waals surface area contributed by atoms with Crippen LogP contribution in [0.15, 0.2) is 48.5 Å². The molecule has 2 aliphatic rings. The summed E-state index contributed by atoms with van der Waals surface area (Å²) in [6, 6.07) is 17.1. The van der Waals surface area contributed by atoms with E-state index in [1.54, 1.807) is 0 Å².